The fraction of sp³-hybridized carbons (Fsp3) is 0.0952. The van der Waals surface area contributed by atoms with Gasteiger partial charge in [-0.05, 0) is 13.0 Å². The van der Waals surface area contributed by atoms with Gasteiger partial charge in [0.1, 0.15) is 5.52 Å². The van der Waals surface area contributed by atoms with Crippen LogP contribution in [0.3, 0.4) is 0 Å². The number of nitrogens with zero attached hydrogens (tertiary/aromatic N) is 4. The maximum Gasteiger partial charge on any atom is 0.153 e. The molecular formula is C21H18N4. The van der Waals surface area contributed by atoms with Gasteiger partial charge in [0.05, 0.1) is 11.4 Å². The van der Waals surface area contributed by atoms with Crippen LogP contribution in [0.2, 0.25) is 0 Å². The van der Waals surface area contributed by atoms with E-state index in [4.69, 9.17) is 4.99 Å². The van der Waals surface area contributed by atoms with Gasteiger partial charge in [0.15, 0.2) is 5.82 Å². The summed E-state index contributed by atoms with van der Waals surface area (Å²) in [6, 6.07) is 22.4. The molecule has 122 valence electrons. The third-order valence-electron chi connectivity index (χ3n) is 4.09. The van der Waals surface area contributed by atoms with Crippen molar-refractivity contribution >= 4 is 22.4 Å². The first-order chi connectivity index (χ1) is 12.2. The Morgan fingerprint density at radius 3 is 2.12 bits per heavy atom. The lowest BCUT2D eigenvalue weighted by atomic mass is 10.0. The Morgan fingerprint density at radius 2 is 1.52 bits per heavy atom. The molecule has 0 spiro atoms. The topological polar surface area (TPSA) is 43.1 Å². The summed E-state index contributed by atoms with van der Waals surface area (Å²) in [6.07, 6.45) is 1.99. The lowest BCUT2D eigenvalue weighted by Gasteiger charge is -2.08. The van der Waals surface area contributed by atoms with Crippen LogP contribution in [0.15, 0.2) is 77.9 Å². The summed E-state index contributed by atoms with van der Waals surface area (Å²) >= 11 is 0. The summed E-state index contributed by atoms with van der Waals surface area (Å²) in [5.74, 6) is 0.695. The van der Waals surface area contributed by atoms with Crippen molar-refractivity contribution in [3.63, 3.8) is 0 Å². The Balaban J connectivity index is 1.90. The van der Waals surface area contributed by atoms with E-state index in [-0.39, 0.29) is 0 Å². The first-order valence-corrected chi connectivity index (χ1v) is 8.21. The van der Waals surface area contributed by atoms with Gasteiger partial charge in [-0.3, -0.25) is 4.68 Å². The Kier molecular flexibility index (Phi) is 3.86. The van der Waals surface area contributed by atoms with Crippen LogP contribution in [0.4, 0.5) is 5.82 Å². The minimum Gasteiger partial charge on any atom is -0.275 e. The van der Waals surface area contributed by atoms with Crippen LogP contribution in [-0.4, -0.2) is 20.5 Å². The maximum atomic E-state index is 4.89. The monoisotopic (exact) mass is 326 g/mol. The van der Waals surface area contributed by atoms with E-state index in [1.54, 1.807) is 0 Å². The Hall–Kier alpha value is -3.27. The zero-order chi connectivity index (χ0) is 17.2. The van der Waals surface area contributed by atoms with Crippen LogP contribution in [-0.2, 0) is 7.05 Å². The molecule has 0 amide bonds. The summed E-state index contributed by atoms with van der Waals surface area (Å²) in [6.45, 7) is 1.97. The molecule has 0 bridgehead atoms. The van der Waals surface area contributed by atoms with Gasteiger partial charge in [0, 0.05) is 29.8 Å². The molecule has 0 aliphatic carbocycles. The summed E-state index contributed by atoms with van der Waals surface area (Å²) in [5.41, 5.74) is 4.86. The highest BCUT2D eigenvalue weighted by atomic mass is 15.2. The molecule has 0 aliphatic heterocycles. The lowest BCUT2D eigenvalue weighted by Crippen LogP contribution is -2.03. The van der Waals surface area contributed by atoms with Crippen molar-refractivity contribution in [2.75, 3.05) is 0 Å². The minimum atomic E-state index is 0.695. The number of hydrogen-bond acceptors (Lipinski definition) is 3. The zero-order valence-corrected chi connectivity index (χ0v) is 14.2. The standard InChI is InChI=1S/C21H18N4/c1-15-20-18(14-25(2)24-20)13-19(22-15)23-21(16-9-5-3-6-10-16)17-11-7-4-8-12-17/h3-14H,1-2H3. The van der Waals surface area contributed by atoms with E-state index >= 15 is 0 Å². The first kappa shape index (κ1) is 15.3. The Labute approximate surface area is 146 Å². The predicted molar refractivity (Wildman–Crippen MR) is 101 cm³/mol. The number of rotatable bonds is 3. The molecule has 4 aromatic rings. The predicted octanol–water partition coefficient (Wildman–Crippen LogP) is 4.45. The number of aromatic nitrogens is 3. The molecule has 4 heteroatoms. The highest BCUT2D eigenvalue weighted by Crippen LogP contribution is 2.23. The van der Waals surface area contributed by atoms with E-state index in [0.717, 1.165) is 33.4 Å². The lowest BCUT2D eigenvalue weighted by molar-refractivity contribution is 0.778. The number of aryl methyl sites for hydroxylation is 2. The summed E-state index contributed by atoms with van der Waals surface area (Å²) in [7, 11) is 1.92. The number of benzene rings is 2. The van der Waals surface area contributed by atoms with Crippen molar-refractivity contribution < 1.29 is 0 Å². The summed E-state index contributed by atoms with van der Waals surface area (Å²) in [4.78, 5) is 9.53. The molecule has 2 heterocycles. The van der Waals surface area contributed by atoms with E-state index in [1.807, 2.05) is 67.3 Å². The Bertz CT molecular complexity index is 1010. The van der Waals surface area contributed by atoms with Crippen molar-refractivity contribution in [2.24, 2.45) is 12.0 Å². The van der Waals surface area contributed by atoms with Crippen LogP contribution in [0.25, 0.3) is 10.9 Å². The zero-order valence-electron chi connectivity index (χ0n) is 14.2. The average Bonchev–Trinajstić information content (AvgIpc) is 3.02. The molecule has 0 saturated heterocycles. The van der Waals surface area contributed by atoms with Crippen molar-refractivity contribution in [3.8, 4) is 0 Å². The van der Waals surface area contributed by atoms with Crippen LogP contribution in [0.1, 0.15) is 16.8 Å². The van der Waals surface area contributed by atoms with Crippen LogP contribution in [0.5, 0.6) is 0 Å². The molecule has 2 aromatic carbocycles. The second-order valence-corrected chi connectivity index (χ2v) is 6.00. The fourth-order valence-corrected chi connectivity index (χ4v) is 2.95. The highest BCUT2D eigenvalue weighted by Gasteiger charge is 2.10. The molecule has 2 aromatic heterocycles. The highest BCUT2D eigenvalue weighted by molar-refractivity contribution is 6.13. The van der Waals surface area contributed by atoms with Crippen molar-refractivity contribution in [2.45, 2.75) is 6.92 Å². The minimum absolute atomic E-state index is 0.695. The molecule has 0 unspecified atom stereocenters. The third kappa shape index (κ3) is 3.06. The molecule has 0 saturated carbocycles. The van der Waals surface area contributed by atoms with Gasteiger partial charge in [-0.25, -0.2) is 9.98 Å². The van der Waals surface area contributed by atoms with Crippen molar-refractivity contribution in [3.05, 3.63) is 89.7 Å². The van der Waals surface area contributed by atoms with Crippen molar-refractivity contribution in [1.29, 1.82) is 0 Å². The van der Waals surface area contributed by atoms with Gasteiger partial charge in [0.25, 0.3) is 0 Å². The normalized spacial score (nSPS) is 10.8. The molecule has 0 atom stereocenters. The Morgan fingerprint density at radius 1 is 0.920 bits per heavy atom. The van der Waals surface area contributed by atoms with E-state index in [2.05, 4.69) is 34.3 Å². The van der Waals surface area contributed by atoms with Crippen LogP contribution in [0, 0.1) is 6.92 Å². The van der Waals surface area contributed by atoms with E-state index < -0.39 is 0 Å². The average molecular weight is 326 g/mol. The summed E-state index contributed by atoms with van der Waals surface area (Å²) < 4.78 is 1.81. The fourth-order valence-electron chi connectivity index (χ4n) is 2.95. The molecular weight excluding hydrogens is 308 g/mol. The van der Waals surface area contributed by atoms with Crippen molar-refractivity contribution in [1.82, 2.24) is 14.8 Å². The quantitative estimate of drug-likeness (QED) is 0.522. The van der Waals surface area contributed by atoms with Gasteiger partial charge in [0.2, 0.25) is 0 Å². The van der Waals surface area contributed by atoms with E-state index in [1.165, 1.54) is 0 Å². The number of fused-ring (bicyclic) bond motifs is 1. The summed E-state index contributed by atoms with van der Waals surface area (Å²) in [5, 5.41) is 5.51. The second kappa shape index (κ2) is 6.32. The molecule has 4 rings (SSSR count). The number of pyridine rings is 1. The van der Waals surface area contributed by atoms with Gasteiger partial charge in [-0.2, -0.15) is 5.10 Å². The molecule has 0 aliphatic rings. The van der Waals surface area contributed by atoms with Gasteiger partial charge in [-0.15, -0.1) is 0 Å². The third-order valence-corrected chi connectivity index (χ3v) is 4.09. The maximum absolute atomic E-state index is 4.89. The van der Waals surface area contributed by atoms with Crippen LogP contribution >= 0.6 is 0 Å². The van der Waals surface area contributed by atoms with E-state index in [0.29, 0.717) is 5.82 Å². The molecule has 0 fully saturated rings. The first-order valence-electron chi connectivity index (χ1n) is 8.21. The largest absolute Gasteiger partial charge is 0.275 e. The SMILES string of the molecule is Cc1nc(N=C(c2ccccc2)c2ccccc2)cc2cn(C)nc12. The van der Waals surface area contributed by atoms with E-state index in [9.17, 15) is 0 Å². The molecule has 0 N–H and O–H groups in total. The number of aliphatic imine (C=N–C) groups is 1. The number of hydrogen-bond donors (Lipinski definition) is 0. The second-order valence-electron chi connectivity index (χ2n) is 6.00. The molecule has 0 radical (unpaired) electrons. The smallest absolute Gasteiger partial charge is 0.153 e. The van der Waals surface area contributed by atoms with Gasteiger partial charge < -0.3 is 0 Å². The molecule has 4 nitrogen and oxygen atoms in total. The van der Waals surface area contributed by atoms with Crippen LogP contribution < -0.4 is 0 Å². The molecule has 25 heavy (non-hydrogen) atoms. The van der Waals surface area contributed by atoms with Gasteiger partial charge >= 0.3 is 0 Å². The van der Waals surface area contributed by atoms with Gasteiger partial charge in [-0.1, -0.05) is 60.7 Å².